The highest BCUT2D eigenvalue weighted by atomic mass is 32.2. The number of aromatic nitrogens is 4. The van der Waals surface area contributed by atoms with Crippen LogP contribution in [0, 0.1) is 6.92 Å². The number of hydrogen-bond donors (Lipinski definition) is 3. The Morgan fingerprint density at radius 3 is 2.67 bits per heavy atom. The zero-order valence-corrected chi connectivity index (χ0v) is 18.3. The van der Waals surface area contributed by atoms with E-state index in [0.29, 0.717) is 16.9 Å². The van der Waals surface area contributed by atoms with Gasteiger partial charge in [-0.3, -0.25) is 4.57 Å². The first kappa shape index (κ1) is 21.0. The van der Waals surface area contributed by atoms with Crippen LogP contribution in [0.15, 0.2) is 35.7 Å². The van der Waals surface area contributed by atoms with Crippen LogP contribution in [0.3, 0.4) is 0 Å². The van der Waals surface area contributed by atoms with Crippen LogP contribution in [0.1, 0.15) is 38.1 Å². The van der Waals surface area contributed by atoms with Crippen LogP contribution in [0.4, 0.5) is 5.82 Å². The zero-order valence-electron chi connectivity index (χ0n) is 17.5. The van der Waals surface area contributed by atoms with E-state index in [1.807, 2.05) is 0 Å². The summed E-state index contributed by atoms with van der Waals surface area (Å²) in [6, 6.07) is 6.46. The number of hydrogen-bond acceptors (Lipinski definition) is 8. The first-order valence-electron chi connectivity index (χ1n) is 9.85. The molecule has 1 aliphatic heterocycles. The number of imidazole rings is 1. The molecule has 9 heteroatoms. The Morgan fingerprint density at radius 1 is 1.17 bits per heavy atom. The minimum Gasteiger partial charge on any atom is -0.387 e. The van der Waals surface area contributed by atoms with Crippen molar-refractivity contribution in [2.75, 3.05) is 11.5 Å². The Morgan fingerprint density at radius 2 is 1.93 bits per heavy atom. The molecule has 1 fully saturated rings. The second kappa shape index (κ2) is 7.81. The third-order valence-electron chi connectivity index (χ3n) is 5.46. The number of aliphatic hydroxyl groups excluding tert-OH is 2. The van der Waals surface area contributed by atoms with Gasteiger partial charge >= 0.3 is 0 Å². The maximum absolute atomic E-state index is 10.6. The standard InChI is InChI=1S/C21H27N5O3S/c1-11-5-6-12(21(2,3)4)7-14(11)30-8-13-16(27)17(28)20(29-13)26-10-25-15-18(22)23-9-24-19(15)26/h5-7,9-10,13,16-17,20,27-28H,8H2,1-4H3,(H2,22,23,24)/t13-,16-,17-,20-/m1/s1. The van der Waals surface area contributed by atoms with Gasteiger partial charge in [-0.05, 0) is 29.5 Å². The molecule has 1 aromatic carbocycles. The molecule has 0 unspecified atom stereocenters. The lowest BCUT2D eigenvalue weighted by molar-refractivity contribution is -0.0289. The number of anilines is 1. The summed E-state index contributed by atoms with van der Waals surface area (Å²) in [7, 11) is 0. The van der Waals surface area contributed by atoms with Gasteiger partial charge in [-0.15, -0.1) is 11.8 Å². The molecule has 30 heavy (non-hydrogen) atoms. The molecule has 4 N–H and O–H groups in total. The van der Waals surface area contributed by atoms with Crippen molar-refractivity contribution in [1.82, 2.24) is 19.5 Å². The van der Waals surface area contributed by atoms with Gasteiger partial charge in [-0.1, -0.05) is 32.9 Å². The number of nitrogen functional groups attached to an aromatic ring is 1. The minimum atomic E-state index is -1.11. The molecule has 0 amide bonds. The lowest BCUT2D eigenvalue weighted by Gasteiger charge is -2.21. The van der Waals surface area contributed by atoms with Crippen molar-refractivity contribution >= 4 is 28.7 Å². The van der Waals surface area contributed by atoms with Crippen molar-refractivity contribution in [2.24, 2.45) is 0 Å². The summed E-state index contributed by atoms with van der Waals surface area (Å²) in [5, 5.41) is 21.2. The number of aryl methyl sites for hydroxylation is 1. The number of ether oxygens (including phenoxy) is 1. The Balaban J connectivity index is 1.52. The molecule has 0 bridgehead atoms. The fourth-order valence-corrected chi connectivity index (χ4v) is 4.67. The molecule has 4 atom stereocenters. The summed E-state index contributed by atoms with van der Waals surface area (Å²) in [5.41, 5.74) is 9.22. The van der Waals surface area contributed by atoms with Crippen LogP contribution in [-0.2, 0) is 10.2 Å². The van der Waals surface area contributed by atoms with Gasteiger partial charge in [0.15, 0.2) is 17.7 Å². The summed E-state index contributed by atoms with van der Waals surface area (Å²) < 4.78 is 7.63. The molecule has 1 saturated heterocycles. The first-order chi connectivity index (χ1) is 14.2. The predicted octanol–water partition coefficient (Wildman–Crippen LogP) is 2.43. The Labute approximate surface area is 179 Å². The first-order valence-corrected chi connectivity index (χ1v) is 10.8. The van der Waals surface area contributed by atoms with E-state index in [4.69, 9.17) is 10.5 Å². The summed E-state index contributed by atoms with van der Waals surface area (Å²) in [5.74, 6) is 0.764. The molecule has 0 spiro atoms. The normalized spacial score (nSPS) is 24.6. The molecular formula is C21H27N5O3S. The van der Waals surface area contributed by atoms with Gasteiger partial charge in [-0.2, -0.15) is 0 Å². The third-order valence-corrected chi connectivity index (χ3v) is 6.70. The smallest absolute Gasteiger partial charge is 0.167 e. The van der Waals surface area contributed by atoms with Crippen molar-refractivity contribution in [3.8, 4) is 0 Å². The number of aliphatic hydroxyl groups is 2. The van der Waals surface area contributed by atoms with Crippen molar-refractivity contribution in [3.05, 3.63) is 42.0 Å². The predicted molar refractivity (Wildman–Crippen MR) is 116 cm³/mol. The van der Waals surface area contributed by atoms with Gasteiger partial charge < -0.3 is 20.7 Å². The summed E-state index contributed by atoms with van der Waals surface area (Å²) >= 11 is 1.62. The third kappa shape index (κ3) is 3.78. The maximum Gasteiger partial charge on any atom is 0.167 e. The van der Waals surface area contributed by atoms with E-state index in [0.717, 1.165) is 4.90 Å². The monoisotopic (exact) mass is 429 g/mol. The minimum absolute atomic E-state index is 0.0554. The van der Waals surface area contributed by atoms with Crippen LogP contribution >= 0.6 is 11.8 Å². The number of benzene rings is 1. The molecule has 160 valence electrons. The van der Waals surface area contributed by atoms with Crippen LogP contribution in [0.25, 0.3) is 11.2 Å². The van der Waals surface area contributed by atoms with Crippen LogP contribution in [-0.4, -0.2) is 53.8 Å². The van der Waals surface area contributed by atoms with Gasteiger partial charge in [0.1, 0.15) is 24.1 Å². The molecule has 3 aromatic rings. The van der Waals surface area contributed by atoms with Crippen molar-refractivity contribution in [2.45, 2.75) is 62.5 Å². The molecule has 3 heterocycles. The summed E-state index contributed by atoms with van der Waals surface area (Å²) in [4.78, 5) is 13.5. The largest absolute Gasteiger partial charge is 0.387 e. The van der Waals surface area contributed by atoms with E-state index in [1.54, 1.807) is 16.3 Å². The maximum atomic E-state index is 10.6. The molecule has 0 radical (unpaired) electrons. The quantitative estimate of drug-likeness (QED) is 0.541. The van der Waals surface area contributed by atoms with Crippen molar-refractivity contribution in [3.63, 3.8) is 0 Å². The lowest BCUT2D eigenvalue weighted by Crippen LogP contribution is -2.32. The highest BCUT2D eigenvalue weighted by Gasteiger charge is 2.44. The number of fused-ring (bicyclic) bond motifs is 1. The van der Waals surface area contributed by atoms with E-state index in [-0.39, 0.29) is 11.2 Å². The Hall–Kier alpha value is -2.20. The highest BCUT2D eigenvalue weighted by molar-refractivity contribution is 7.99. The van der Waals surface area contributed by atoms with E-state index in [1.165, 1.54) is 23.8 Å². The molecule has 2 aromatic heterocycles. The highest BCUT2D eigenvalue weighted by Crippen LogP contribution is 2.36. The average molecular weight is 430 g/mol. The number of thioether (sulfide) groups is 1. The van der Waals surface area contributed by atoms with Gasteiger partial charge in [0, 0.05) is 10.6 Å². The lowest BCUT2D eigenvalue weighted by atomic mass is 9.87. The molecule has 0 saturated carbocycles. The second-order valence-electron chi connectivity index (χ2n) is 8.67. The number of nitrogens with two attached hydrogens (primary N) is 1. The fourth-order valence-electron chi connectivity index (χ4n) is 3.55. The van der Waals surface area contributed by atoms with E-state index in [2.05, 4.69) is 60.8 Å². The number of rotatable bonds is 4. The number of nitrogens with zero attached hydrogens (tertiary/aromatic N) is 4. The van der Waals surface area contributed by atoms with E-state index >= 15 is 0 Å². The van der Waals surface area contributed by atoms with Gasteiger partial charge in [0.05, 0.1) is 12.4 Å². The van der Waals surface area contributed by atoms with Crippen LogP contribution in [0.5, 0.6) is 0 Å². The van der Waals surface area contributed by atoms with E-state index < -0.39 is 24.5 Å². The van der Waals surface area contributed by atoms with Gasteiger partial charge in [-0.25, -0.2) is 15.0 Å². The summed E-state index contributed by atoms with van der Waals surface area (Å²) in [6.07, 6.45) is -0.623. The molecule has 0 aliphatic carbocycles. The van der Waals surface area contributed by atoms with Crippen LogP contribution < -0.4 is 5.73 Å². The molecule has 8 nitrogen and oxygen atoms in total. The fraction of sp³-hybridized carbons (Fsp3) is 0.476. The summed E-state index contributed by atoms with van der Waals surface area (Å²) in [6.45, 7) is 8.62. The topological polar surface area (TPSA) is 119 Å². The Bertz CT molecular complexity index is 1060. The SMILES string of the molecule is Cc1ccc(C(C)(C)C)cc1SC[C@H]1O[C@@H](n2cnc3c(N)ncnc32)[C@H](O)[C@@H]1O. The van der Waals surface area contributed by atoms with Crippen molar-refractivity contribution < 1.29 is 14.9 Å². The zero-order chi connectivity index (χ0) is 21.6. The second-order valence-corrected chi connectivity index (χ2v) is 9.73. The van der Waals surface area contributed by atoms with Crippen molar-refractivity contribution in [1.29, 1.82) is 0 Å². The molecular weight excluding hydrogens is 402 g/mol. The average Bonchev–Trinajstić information content (AvgIpc) is 3.23. The van der Waals surface area contributed by atoms with Gasteiger partial charge in [0.25, 0.3) is 0 Å². The molecule has 1 aliphatic rings. The Kier molecular flexibility index (Phi) is 5.48. The molecule has 4 rings (SSSR count). The van der Waals surface area contributed by atoms with Gasteiger partial charge in [0.2, 0.25) is 0 Å². The van der Waals surface area contributed by atoms with Crippen LogP contribution in [0.2, 0.25) is 0 Å². The van der Waals surface area contributed by atoms with E-state index in [9.17, 15) is 10.2 Å².